The van der Waals surface area contributed by atoms with Gasteiger partial charge in [-0.2, -0.15) is 0 Å². The number of fused-ring (bicyclic) bond motifs is 1. The van der Waals surface area contributed by atoms with Crippen LogP contribution in [0.2, 0.25) is 0 Å². The zero-order valence-electron chi connectivity index (χ0n) is 14.5. The molecule has 0 spiro atoms. The van der Waals surface area contributed by atoms with Crippen molar-refractivity contribution in [1.82, 2.24) is 4.90 Å². The molecule has 9 heteroatoms. The minimum Gasteiger partial charge on any atom is -0.454 e. The number of nitro benzene ring substituents is 1. The number of nitro groups is 1. The van der Waals surface area contributed by atoms with E-state index in [1.54, 1.807) is 12.1 Å². The van der Waals surface area contributed by atoms with Crippen molar-refractivity contribution in [3.8, 4) is 11.5 Å². The Hall–Kier alpha value is -3.07. The molecule has 1 N–H and O–H groups in total. The number of piperazine rings is 1. The van der Waals surface area contributed by atoms with E-state index in [1.165, 1.54) is 12.1 Å². The predicted octanol–water partition coefficient (Wildman–Crippen LogP) is 2.84. The minimum absolute atomic E-state index is 0.103. The normalized spacial score (nSPS) is 15.6. The Kier molecular flexibility index (Phi) is 4.68. The van der Waals surface area contributed by atoms with E-state index in [9.17, 15) is 10.1 Å². The average Bonchev–Trinajstić information content (AvgIpc) is 3.16. The fourth-order valence-electron chi connectivity index (χ4n) is 3.13. The number of benzene rings is 2. The van der Waals surface area contributed by atoms with Crippen LogP contribution in [0.3, 0.4) is 0 Å². The maximum Gasteiger partial charge on any atom is 0.269 e. The summed E-state index contributed by atoms with van der Waals surface area (Å²) in [5, 5.41) is 14.7. The van der Waals surface area contributed by atoms with Crippen molar-refractivity contribution in [1.29, 1.82) is 0 Å². The first-order valence-electron chi connectivity index (χ1n) is 8.55. The fourth-order valence-corrected chi connectivity index (χ4v) is 3.43. The van der Waals surface area contributed by atoms with Crippen molar-refractivity contribution in [2.75, 3.05) is 43.2 Å². The summed E-state index contributed by atoms with van der Waals surface area (Å²) in [6.45, 7) is 3.37. The Bertz CT molecular complexity index is 866. The van der Waals surface area contributed by atoms with Crippen molar-refractivity contribution >= 4 is 34.4 Å². The van der Waals surface area contributed by atoms with Gasteiger partial charge in [-0.1, -0.05) is 0 Å². The van der Waals surface area contributed by atoms with Crippen LogP contribution in [0.4, 0.5) is 17.1 Å². The lowest BCUT2D eigenvalue weighted by Crippen LogP contribution is -2.50. The summed E-state index contributed by atoms with van der Waals surface area (Å²) in [6.07, 6.45) is 0. The highest BCUT2D eigenvalue weighted by Crippen LogP contribution is 2.34. The molecular weight excluding hydrogens is 368 g/mol. The average molecular weight is 386 g/mol. The molecule has 2 heterocycles. The Morgan fingerprint density at radius 3 is 2.44 bits per heavy atom. The molecule has 0 amide bonds. The van der Waals surface area contributed by atoms with Gasteiger partial charge in [0.25, 0.3) is 5.69 Å². The SMILES string of the molecule is O=[N+]([O-])c1ccc(N2CCN(C(=S)Nc3ccc4c(c3)OCO4)CC2)cc1. The van der Waals surface area contributed by atoms with E-state index in [0.29, 0.717) is 10.9 Å². The molecule has 2 aromatic carbocycles. The second kappa shape index (κ2) is 7.28. The first-order chi connectivity index (χ1) is 13.1. The van der Waals surface area contributed by atoms with Gasteiger partial charge in [0, 0.05) is 55.8 Å². The lowest BCUT2D eigenvalue weighted by atomic mass is 10.2. The van der Waals surface area contributed by atoms with Gasteiger partial charge in [0.15, 0.2) is 16.6 Å². The first kappa shape index (κ1) is 17.3. The van der Waals surface area contributed by atoms with Crippen molar-refractivity contribution in [3.63, 3.8) is 0 Å². The van der Waals surface area contributed by atoms with Gasteiger partial charge in [-0.05, 0) is 36.5 Å². The summed E-state index contributed by atoms with van der Waals surface area (Å²) < 4.78 is 10.7. The molecule has 0 aromatic heterocycles. The van der Waals surface area contributed by atoms with E-state index in [4.69, 9.17) is 21.7 Å². The lowest BCUT2D eigenvalue weighted by Gasteiger charge is -2.37. The topological polar surface area (TPSA) is 80.1 Å². The van der Waals surface area contributed by atoms with Crippen molar-refractivity contribution < 1.29 is 14.4 Å². The van der Waals surface area contributed by atoms with Crippen LogP contribution in [0, 0.1) is 10.1 Å². The number of rotatable bonds is 3. The van der Waals surface area contributed by atoms with Gasteiger partial charge in [0.05, 0.1) is 4.92 Å². The number of non-ortho nitro benzene ring substituents is 1. The molecule has 0 atom stereocenters. The molecule has 0 radical (unpaired) electrons. The number of hydrogen-bond acceptors (Lipinski definition) is 6. The third-order valence-corrected chi connectivity index (χ3v) is 4.98. The number of hydrogen-bond donors (Lipinski definition) is 1. The quantitative estimate of drug-likeness (QED) is 0.490. The molecule has 0 aliphatic carbocycles. The van der Waals surface area contributed by atoms with E-state index in [1.807, 2.05) is 18.2 Å². The van der Waals surface area contributed by atoms with Gasteiger partial charge >= 0.3 is 0 Å². The van der Waals surface area contributed by atoms with E-state index in [2.05, 4.69) is 15.1 Å². The number of ether oxygens (including phenoxy) is 2. The maximum atomic E-state index is 10.8. The molecule has 2 aliphatic rings. The molecule has 1 saturated heterocycles. The number of anilines is 2. The highest BCUT2D eigenvalue weighted by atomic mass is 32.1. The molecule has 4 rings (SSSR count). The van der Waals surface area contributed by atoms with Crippen molar-refractivity contribution in [2.45, 2.75) is 0 Å². The highest BCUT2D eigenvalue weighted by Gasteiger charge is 2.20. The van der Waals surface area contributed by atoms with Gasteiger partial charge in [0.1, 0.15) is 0 Å². The lowest BCUT2D eigenvalue weighted by molar-refractivity contribution is -0.384. The smallest absolute Gasteiger partial charge is 0.269 e. The van der Waals surface area contributed by atoms with Crippen LogP contribution in [0.15, 0.2) is 42.5 Å². The van der Waals surface area contributed by atoms with E-state index in [-0.39, 0.29) is 17.4 Å². The van der Waals surface area contributed by atoms with E-state index >= 15 is 0 Å². The van der Waals surface area contributed by atoms with Crippen molar-refractivity contribution in [3.05, 3.63) is 52.6 Å². The second-order valence-corrected chi connectivity index (χ2v) is 6.63. The molecule has 0 bridgehead atoms. The third-order valence-electron chi connectivity index (χ3n) is 4.62. The van der Waals surface area contributed by atoms with Crippen LogP contribution in [0.1, 0.15) is 0 Å². The van der Waals surface area contributed by atoms with Crippen LogP contribution >= 0.6 is 12.2 Å². The third kappa shape index (κ3) is 3.72. The zero-order chi connectivity index (χ0) is 18.8. The Morgan fingerprint density at radius 1 is 1.04 bits per heavy atom. The van der Waals surface area contributed by atoms with E-state index in [0.717, 1.165) is 43.3 Å². The molecule has 0 saturated carbocycles. The number of thiocarbonyl (C=S) groups is 1. The first-order valence-corrected chi connectivity index (χ1v) is 8.96. The van der Waals surface area contributed by atoms with Crippen LogP contribution in [-0.4, -0.2) is 47.9 Å². The Morgan fingerprint density at radius 2 is 1.74 bits per heavy atom. The summed E-state index contributed by atoms with van der Waals surface area (Å²) in [4.78, 5) is 14.7. The van der Waals surface area contributed by atoms with Gasteiger partial charge in [-0.15, -0.1) is 0 Å². The summed E-state index contributed by atoms with van der Waals surface area (Å²) >= 11 is 5.53. The van der Waals surface area contributed by atoms with Gasteiger partial charge in [0.2, 0.25) is 6.79 Å². The molecule has 2 aliphatic heterocycles. The number of nitrogens with zero attached hydrogens (tertiary/aromatic N) is 3. The minimum atomic E-state index is -0.387. The monoisotopic (exact) mass is 386 g/mol. The van der Waals surface area contributed by atoms with Gasteiger partial charge in [-0.3, -0.25) is 10.1 Å². The van der Waals surface area contributed by atoms with Crippen LogP contribution < -0.4 is 19.7 Å². The molecule has 27 heavy (non-hydrogen) atoms. The number of nitrogens with one attached hydrogen (secondary N) is 1. The van der Waals surface area contributed by atoms with Crippen molar-refractivity contribution in [2.24, 2.45) is 0 Å². The molecule has 8 nitrogen and oxygen atoms in total. The fraction of sp³-hybridized carbons (Fsp3) is 0.278. The molecule has 0 unspecified atom stereocenters. The Labute approximate surface area is 161 Å². The van der Waals surface area contributed by atoms with E-state index < -0.39 is 0 Å². The zero-order valence-corrected chi connectivity index (χ0v) is 15.3. The molecule has 2 aromatic rings. The molecule has 1 fully saturated rings. The highest BCUT2D eigenvalue weighted by molar-refractivity contribution is 7.80. The van der Waals surface area contributed by atoms with Crippen LogP contribution in [-0.2, 0) is 0 Å². The summed E-state index contributed by atoms with van der Waals surface area (Å²) in [5.74, 6) is 1.45. The standard InChI is InChI=1S/C18H18N4O4S/c23-22(24)15-4-2-14(3-5-15)20-7-9-21(10-8-20)18(27)19-13-1-6-16-17(11-13)26-12-25-16/h1-6,11H,7-10,12H2,(H,19,27). The van der Waals surface area contributed by atoms with Gasteiger partial charge in [-0.25, -0.2) is 0 Å². The Balaban J connectivity index is 1.33. The summed E-state index contributed by atoms with van der Waals surface area (Å²) in [5.41, 5.74) is 1.95. The van der Waals surface area contributed by atoms with Gasteiger partial charge < -0.3 is 24.6 Å². The largest absolute Gasteiger partial charge is 0.454 e. The van der Waals surface area contributed by atoms with Crippen LogP contribution in [0.25, 0.3) is 0 Å². The maximum absolute atomic E-state index is 10.8. The summed E-state index contributed by atoms with van der Waals surface area (Å²) in [6, 6.07) is 12.3. The predicted molar refractivity (Wildman–Crippen MR) is 106 cm³/mol. The molecular formula is C18H18N4O4S. The van der Waals surface area contributed by atoms with Crippen LogP contribution in [0.5, 0.6) is 11.5 Å². The molecule has 140 valence electrons. The second-order valence-electron chi connectivity index (χ2n) is 6.25. The summed E-state index contributed by atoms with van der Waals surface area (Å²) in [7, 11) is 0.